The second kappa shape index (κ2) is 7.57. The molecule has 9 nitrogen and oxygen atoms in total. The Hall–Kier alpha value is -3.59. The third-order valence-corrected chi connectivity index (χ3v) is 4.32. The van der Waals surface area contributed by atoms with Crippen LogP contribution in [-0.2, 0) is 16.0 Å². The van der Waals surface area contributed by atoms with Crippen molar-refractivity contribution in [1.29, 1.82) is 0 Å². The molecule has 0 aliphatic carbocycles. The molecular formula is C18H12ClN3O6. The van der Waals surface area contributed by atoms with Gasteiger partial charge in [-0.2, -0.15) is 0 Å². The molecule has 142 valence electrons. The minimum absolute atomic E-state index is 0.0549. The van der Waals surface area contributed by atoms with Gasteiger partial charge in [-0.3, -0.25) is 20.2 Å². The molecule has 0 radical (unpaired) electrons. The van der Waals surface area contributed by atoms with E-state index in [1.54, 1.807) is 19.1 Å². The SMILES string of the molecule is CCc1ccc(/C=C2\N=C(c3ccc(Cl)c([N+](=O)[O-])c3)OC2=O)cc1[N+](=O)[O-]. The molecular weight excluding hydrogens is 390 g/mol. The largest absolute Gasteiger partial charge is 0.402 e. The van der Waals surface area contributed by atoms with E-state index in [1.165, 1.54) is 24.3 Å². The molecule has 0 amide bonds. The average molecular weight is 402 g/mol. The highest BCUT2D eigenvalue weighted by molar-refractivity contribution is 6.32. The normalized spacial score (nSPS) is 14.7. The first-order valence-electron chi connectivity index (χ1n) is 8.04. The van der Waals surface area contributed by atoms with E-state index in [9.17, 15) is 25.0 Å². The van der Waals surface area contributed by atoms with E-state index >= 15 is 0 Å². The molecule has 10 heteroatoms. The summed E-state index contributed by atoms with van der Waals surface area (Å²) in [6.07, 6.45) is 1.85. The minimum Gasteiger partial charge on any atom is -0.402 e. The predicted molar refractivity (Wildman–Crippen MR) is 101 cm³/mol. The molecule has 2 aromatic rings. The van der Waals surface area contributed by atoms with Gasteiger partial charge in [0.25, 0.3) is 11.4 Å². The highest BCUT2D eigenvalue weighted by Crippen LogP contribution is 2.28. The van der Waals surface area contributed by atoms with Crippen LogP contribution in [0.1, 0.15) is 23.6 Å². The lowest BCUT2D eigenvalue weighted by Gasteiger charge is -2.01. The second-order valence-electron chi connectivity index (χ2n) is 5.76. The number of hydrogen-bond donors (Lipinski definition) is 0. The summed E-state index contributed by atoms with van der Waals surface area (Å²) < 4.78 is 5.07. The highest BCUT2D eigenvalue weighted by Gasteiger charge is 2.26. The first-order chi connectivity index (χ1) is 13.3. The van der Waals surface area contributed by atoms with Crippen LogP contribution in [0.2, 0.25) is 5.02 Å². The Labute approximate surface area is 163 Å². The number of nitro groups is 2. The molecule has 0 aromatic heterocycles. The van der Waals surface area contributed by atoms with Crippen molar-refractivity contribution < 1.29 is 19.4 Å². The fourth-order valence-corrected chi connectivity index (χ4v) is 2.80. The third-order valence-electron chi connectivity index (χ3n) is 4.00. The molecule has 3 rings (SSSR count). The molecule has 1 aliphatic heterocycles. The molecule has 2 aromatic carbocycles. The van der Waals surface area contributed by atoms with Crippen LogP contribution in [0.5, 0.6) is 0 Å². The average Bonchev–Trinajstić information content (AvgIpc) is 3.02. The van der Waals surface area contributed by atoms with Gasteiger partial charge in [0.05, 0.1) is 9.85 Å². The van der Waals surface area contributed by atoms with Gasteiger partial charge in [0.2, 0.25) is 5.90 Å². The van der Waals surface area contributed by atoms with E-state index in [1.807, 2.05) is 0 Å². The summed E-state index contributed by atoms with van der Waals surface area (Å²) >= 11 is 5.77. The maximum Gasteiger partial charge on any atom is 0.363 e. The number of benzene rings is 2. The molecule has 0 atom stereocenters. The van der Waals surface area contributed by atoms with Crippen molar-refractivity contribution in [2.45, 2.75) is 13.3 Å². The summed E-state index contributed by atoms with van der Waals surface area (Å²) in [4.78, 5) is 37.2. The number of halogens is 1. The minimum atomic E-state index is -0.769. The summed E-state index contributed by atoms with van der Waals surface area (Å²) in [5.41, 5.74) is 0.704. The number of esters is 1. The molecule has 1 aliphatic rings. The van der Waals surface area contributed by atoms with Crippen LogP contribution in [0, 0.1) is 20.2 Å². The van der Waals surface area contributed by atoms with E-state index in [0.29, 0.717) is 17.5 Å². The van der Waals surface area contributed by atoms with Gasteiger partial charge in [0.1, 0.15) is 5.02 Å². The van der Waals surface area contributed by atoms with Gasteiger partial charge in [0, 0.05) is 23.3 Å². The van der Waals surface area contributed by atoms with Crippen molar-refractivity contribution in [3.05, 3.63) is 84.0 Å². The molecule has 0 spiro atoms. The maximum atomic E-state index is 12.1. The summed E-state index contributed by atoms with van der Waals surface area (Å²) in [5, 5.41) is 22.1. The number of ether oxygens (including phenoxy) is 1. The molecule has 0 fully saturated rings. The van der Waals surface area contributed by atoms with Crippen molar-refractivity contribution in [2.24, 2.45) is 4.99 Å². The zero-order chi connectivity index (χ0) is 20.4. The third kappa shape index (κ3) is 3.74. The van der Waals surface area contributed by atoms with Gasteiger partial charge in [0.15, 0.2) is 5.70 Å². The zero-order valence-corrected chi connectivity index (χ0v) is 15.2. The fraction of sp³-hybridized carbons (Fsp3) is 0.111. The summed E-state index contributed by atoms with van der Waals surface area (Å²) in [6, 6.07) is 8.48. The molecule has 0 bridgehead atoms. The van der Waals surface area contributed by atoms with E-state index in [0.717, 1.165) is 6.07 Å². The van der Waals surface area contributed by atoms with Gasteiger partial charge < -0.3 is 4.74 Å². The number of aliphatic imine (C=N–C) groups is 1. The molecule has 0 saturated carbocycles. The summed E-state index contributed by atoms with van der Waals surface area (Å²) in [7, 11) is 0. The Bertz CT molecular complexity index is 1080. The van der Waals surface area contributed by atoms with Crippen LogP contribution >= 0.6 is 11.6 Å². The van der Waals surface area contributed by atoms with Crippen molar-refractivity contribution in [3.8, 4) is 0 Å². The van der Waals surface area contributed by atoms with Crippen LogP contribution in [0.3, 0.4) is 0 Å². The van der Waals surface area contributed by atoms with Crippen LogP contribution in [0.4, 0.5) is 11.4 Å². The first kappa shape index (κ1) is 19.2. The highest BCUT2D eigenvalue weighted by atomic mass is 35.5. The van der Waals surface area contributed by atoms with E-state index in [4.69, 9.17) is 16.3 Å². The zero-order valence-electron chi connectivity index (χ0n) is 14.4. The van der Waals surface area contributed by atoms with E-state index < -0.39 is 15.8 Å². The van der Waals surface area contributed by atoms with Gasteiger partial charge in [-0.25, -0.2) is 9.79 Å². The van der Waals surface area contributed by atoms with Crippen LogP contribution in [-0.4, -0.2) is 21.7 Å². The predicted octanol–water partition coefficient (Wildman–Crippen LogP) is 4.06. The molecule has 0 unspecified atom stereocenters. The van der Waals surface area contributed by atoms with E-state index in [2.05, 4.69) is 4.99 Å². The number of carbonyl (C=O) groups is 1. The monoisotopic (exact) mass is 401 g/mol. The lowest BCUT2D eigenvalue weighted by atomic mass is 10.1. The number of hydrogen-bond acceptors (Lipinski definition) is 7. The molecule has 28 heavy (non-hydrogen) atoms. The van der Waals surface area contributed by atoms with Crippen LogP contribution < -0.4 is 0 Å². The van der Waals surface area contributed by atoms with Gasteiger partial charge in [-0.05, 0) is 30.2 Å². The molecule has 0 N–H and O–H groups in total. The van der Waals surface area contributed by atoms with Crippen molar-refractivity contribution in [2.75, 3.05) is 0 Å². The quantitative estimate of drug-likeness (QED) is 0.322. The Morgan fingerprint density at radius 2 is 1.82 bits per heavy atom. The first-order valence-corrected chi connectivity index (χ1v) is 8.42. The fourth-order valence-electron chi connectivity index (χ4n) is 2.62. The topological polar surface area (TPSA) is 125 Å². The Morgan fingerprint density at radius 1 is 1.11 bits per heavy atom. The number of cyclic esters (lactones) is 1. The van der Waals surface area contributed by atoms with Gasteiger partial charge in [-0.15, -0.1) is 0 Å². The Kier molecular flexibility index (Phi) is 5.18. The number of aryl methyl sites for hydroxylation is 1. The van der Waals surface area contributed by atoms with Crippen molar-refractivity contribution in [1.82, 2.24) is 0 Å². The van der Waals surface area contributed by atoms with Crippen LogP contribution in [0.15, 0.2) is 47.1 Å². The standard InChI is InChI=1S/C18H12ClN3O6/c1-2-11-4-3-10(8-15(11)21(24)25)7-14-18(23)28-17(20-14)12-5-6-13(19)16(9-12)22(26)27/h3-9H,2H2,1H3/b14-7-. The number of rotatable bonds is 5. The Balaban J connectivity index is 1.98. The number of nitro benzene ring substituents is 2. The van der Waals surface area contributed by atoms with Crippen molar-refractivity contribution in [3.63, 3.8) is 0 Å². The smallest absolute Gasteiger partial charge is 0.363 e. The number of carbonyl (C=O) groups excluding carboxylic acids is 1. The summed E-state index contributed by atoms with van der Waals surface area (Å²) in [5.74, 6) is -0.884. The second-order valence-corrected chi connectivity index (χ2v) is 6.17. The maximum absolute atomic E-state index is 12.1. The summed E-state index contributed by atoms with van der Waals surface area (Å²) in [6.45, 7) is 1.80. The molecule has 1 heterocycles. The van der Waals surface area contributed by atoms with Crippen molar-refractivity contribution >= 4 is 40.9 Å². The lowest BCUT2D eigenvalue weighted by Crippen LogP contribution is -2.06. The van der Waals surface area contributed by atoms with E-state index in [-0.39, 0.29) is 33.6 Å². The van der Waals surface area contributed by atoms with Crippen LogP contribution in [0.25, 0.3) is 6.08 Å². The lowest BCUT2D eigenvalue weighted by molar-refractivity contribution is -0.385. The number of nitrogens with zero attached hydrogens (tertiary/aromatic N) is 3. The van der Waals surface area contributed by atoms with Gasteiger partial charge in [-0.1, -0.05) is 30.7 Å². The molecule has 0 saturated heterocycles. The van der Waals surface area contributed by atoms with Gasteiger partial charge >= 0.3 is 5.97 Å². The Morgan fingerprint density at radius 3 is 2.46 bits per heavy atom.